The van der Waals surface area contributed by atoms with E-state index < -0.39 is 5.41 Å². The van der Waals surface area contributed by atoms with Gasteiger partial charge in [0.25, 0.3) is 0 Å². The molecule has 0 bridgehead atoms. The third-order valence-electron chi connectivity index (χ3n) is 3.70. The summed E-state index contributed by atoms with van der Waals surface area (Å²) in [5.41, 5.74) is -1.07. The van der Waals surface area contributed by atoms with Crippen LogP contribution < -0.4 is 0 Å². The highest BCUT2D eigenvalue weighted by atomic mass is 16.2. The Bertz CT molecular complexity index is 354. The molecule has 1 fully saturated rings. The van der Waals surface area contributed by atoms with Crippen LogP contribution in [0.2, 0.25) is 0 Å². The summed E-state index contributed by atoms with van der Waals surface area (Å²) in [5, 5.41) is 9.47. The van der Waals surface area contributed by atoms with E-state index in [4.69, 9.17) is 0 Å². The summed E-state index contributed by atoms with van der Waals surface area (Å²) in [6.45, 7) is 10.2. The standard InChI is InChI=1S/C15H24N2O/c1-5-11-17(14(2,3)4)13(18)15(12-16)9-7-6-8-10-15/h5H,1,6-11H2,2-4H3. The molecule has 0 N–H and O–H groups in total. The molecule has 1 aliphatic carbocycles. The van der Waals surface area contributed by atoms with Gasteiger partial charge in [-0.05, 0) is 33.6 Å². The minimum Gasteiger partial charge on any atom is -0.333 e. The lowest BCUT2D eigenvalue weighted by Gasteiger charge is -2.41. The number of hydrogen-bond acceptors (Lipinski definition) is 2. The van der Waals surface area contributed by atoms with Crippen molar-refractivity contribution in [2.24, 2.45) is 5.41 Å². The number of nitriles is 1. The molecule has 0 aliphatic heterocycles. The fraction of sp³-hybridized carbons (Fsp3) is 0.733. The fourth-order valence-electron chi connectivity index (χ4n) is 2.58. The van der Waals surface area contributed by atoms with Crippen molar-refractivity contribution in [3.8, 4) is 6.07 Å². The predicted octanol–water partition coefficient (Wildman–Crippen LogP) is 3.27. The van der Waals surface area contributed by atoms with Gasteiger partial charge in [-0.25, -0.2) is 0 Å². The second kappa shape index (κ2) is 5.56. The Morgan fingerprint density at radius 3 is 2.33 bits per heavy atom. The SMILES string of the molecule is C=CCN(C(=O)C1(C#N)CCCCC1)C(C)(C)C. The highest BCUT2D eigenvalue weighted by Crippen LogP contribution is 2.38. The van der Waals surface area contributed by atoms with Crippen LogP contribution in [-0.2, 0) is 4.79 Å². The van der Waals surface area contributed by atoms with E-state index in [9.17, 15) is 10.1 Å². The van der Waals surface area contributed by atoms with Crippen molar-refractivity contribution in [2.45, 2.75) is 58.4 Å². The minimum absolute atomic E-state index is 0.0166. The number of carbonyl (C=O) groups excluding carboxylic acids is 1. The van der Waals surface area contributed by atoms with E-state index in [0.717, 1.165) is 19.3 Å². The molecule has 0 unspecified atom stereocenters. The zero-order chi connectivity index (χ0) is 13.8. The van der Waals surface area contributed by atoms with Crippen LogP contribution in [0.4, 0.5) is 0 Å². The van der Waals surface area contributed by atoms with Gasteiger partial charge in [-0.2, -0.15) is 5.26 Å². The topological polar surface area (TPSA) is 44.1 Å². The number of nitrogens with zero attached hydrogens (tertiary/aromatic N) is 2. The normalized spacial score (nSPS) is 18.8. The van der Waals surface area contributed by atoms with Gasteiger partial charge in [0.1, 0.15) is 5.41 Å². The van der Waals surface area contributed by atoms with E-state index in [0.29, 0.717) is 19.4 Å². The molecule has 100 valence electrons. The van der Waals surface area contributed by atoms with Crippen LogP contribution in [-0.4, -0.2) is 22.9 Å². The molecule has 18 heavy (non-hydrogen) atoms. The second-order valence-corrected chi connectivity index (χ2v) is 6.13. The third kappa shape index (κ3) is 2.93. The lowest BCUT2D eigenvalue weighted by Crippen LogP contribution is -2.52. The van der Waals surface area contributed by atoms with E-state index in [1.807, 2.05) is 20.8 Å². The number of hydrogen-bond donors (Lipinski definition) is 0. The monoisotopic (exact) mass is 248 g/mol. The van der Waals surface area contributed by atoms with Gasteiger partial charge in [0.2, 0.25) is 5.91 Å². The maximum Gasteiger partial charge on any atom is 0.243 e. The second-order valence-electron chi connectivity index (χ2n) is 6.13. The summed E-state index contributed by atoms with van der Waals surface area (Å²) in [6, 6.07) is 2.30. The van der Waals surface area contributed by atoms with Crippen molar-refractivity contribution in [1.29, 1.82) is 5.26 Å². The first-order valence-corrected chi connectivity index (χ1v) is 6.71. The molecule has 0 atom stereocenters. The lowest BCUT2D eigenvalue weighted by atomic mass is 9.73. The summed E-state index contributed by atoms with van der Waals surface area (Å²) < 4.78 is 0. The van der Waals surface area contributed by atoms with Crippen LogP contribution in [0, 0.1) is 16.7 Å². The van der Waals surface area contributed by atoms with Gasteiger partial charge >= 0.3 is 0 Å². The Labute approximate surface area is 110 Å². The van der Waals surface area contributed by atoms with Crippen molar-refractivity contribution >= 4 is 5.91 Å². The smallest absolute Gasteiger partial charge is 0.243 e. The number of carbonyl (C=O) groups is 1. The molecule has 0 radical (unpaired) electrons. The predicted molar refractivity (Wildman–Crippen MR) is 72.8 cm³/mol. The van der Waals surface area contributed by atoms with Crippen LogP contribution in [0.3, 0.4) is 0 Å². The Kier molecular flexibility index (Phi) is 4.56. The molecular weight excluding hydrogens is 224 g/mol. The van der Waals surface area contributed by atoms with E-state index in [1.165, 1.54) is 0 Å². The van der Waals surface area contributed by atoms with Gasteiger partial charge in [0.05, 0.1) is 6.07 Å². The maximum atomic E-state index is 12.7. The van der Waals surface area contributed by atoms with Crippen molar-refractivity contribution < 1.29 is 4.79 Å². The van der Waals surface area contributed by atoms with Gasteiger partial charge in [0, 0.05) is 12.1 Å². The van der Waals surface area contributed by atoms with Gasteiger partial charge in [0.15, 0.2) is 0 Å². The van der Waals surface area contributed by atoms with E-state index in [2.05, 4.69) is 12.6 Å². The molecule has 0 saturated heterocycles. The molecule has 0 spiro atoms. The van der Waals surface area contributed by atoms with Gasteiger partial charge in [-0.15, -0.1) is 6.58 Å². The molecular formula is C15H24N2O. The van der Waals surface area contributed by atoms with Gasteiger partial charge in [-0.3, -0.25) is 4.79 Å². The highest BCUT2D eigenvalue weighted by molar-refractivity contribution is 5.86. The molecule has 1 rings (SSSR count). The lowest BCUT2D eigenvalue weighted by molar-refractivity contribution is -0.144. The average Bonchev–Trinajstić information content (AvgIpc) is 2.34. The minimum atomic E-state index is -0.797. The van der Waals surface area contributed by atoms with Gasteiger partial charge in [-0.1, -0.05) is 25.3 Å². The molecule has 0 heterocycles. The Morgan fingerprint density at radius 1 is 1.39 bits per heavy atom. The summed E-state index contributed by atoms with van der Waals surface area (Å²) in [5.74, 6) is -0.0166. The highest BCUT2D eigenvalue weighted by Gasteiger charge is 2.44. The molecule has 1 amide bonds. The molecule has 0 aromatic rings. The summed E-state index contributed by atoms with van der Waals surface area (Å²) in [7, 11) is 0. The summed E-state index contributed by atoms with van der Waals surface area (Å²) in [6.07, 6.45) is 6.22. The van der Waals surface area contributed by atoms with Crippen molar-refractivity contribution in [3.63, 3.8) is 0 Å². The fourth-order valence-corrected chi connectivity index (χ4v) is 2.58. The quantitative estimate of drug-likeness (QED) is 0.719. The van der Waals surface area contributed by atoms with Crippen molar-refractivity contribution in [1.82, 2.24) is 4.90 Å². The molecule has 1 aliphatic rings. The van der Waals surface area contributed by atoms with Crippen LogP contribution >= 0.6 is 0 Å². The Hall–Kier alpha value is -1.30. The van der Waals surface area contributed by atoms with E-state index in [1.54, 1.807) is 11.0 Å². The Balaban J connectivity index is 3.00. The van der Waals surface area contributed by atoms with Crippen molar-refractivity contribution in [3.05, 3.63) is 12.7 Å². The first-order valence-electron chi connectivity index (χ1n) is 6.71. The summed E-state index contributed by atoms with van der Waals surface area (Å²) in [4.78, 5) is 14.5. The molecule has 0 aromatic carbocycles. The molecule has 1 saturated carbocycles. The van der Waals surface area contributed by atoms with Crippen LogP contribution in [0.15, 0.2) is 12.7 Å². The third-order valence-corrected chi connectivity index (χ3v) is 3.70. The zero-order valence-electron chi connectivity index (χ0n) is 11.8. The Morgan fingerprint density at radius 2 is 1.94 bits per heavy atom. The van der Waals surface area contributed by atoms with E-state index in [-0.39, 0.29) is 11.4 Å². The van der Waals surface area contributed by atoms with Crippen LogP contribution in [0.25, 0.3) is 0 Å². The number of amides is 1. The van der Waals surface area contributed by atoms with Crippen LogP contribution in [0.5, 0.6) is 0 Å². The average molecular weight is 248 g/mol. The van der Waals surface area contributed by atoms with Crippen molar-refractivity contribution in [2.75, 3.05) is 6.54 Å². The molecule has 3 nitrogen and oxygen atoms in total. The zero-order valence-corrected chi connectivity index (χ0v) is 11.8. The molecule has 0 aromatic heterocycles. The largest absolute Gasteiger partial charge is 0.333 e. The first-order chi connectivity index (χ1) is 8.37. The first kappa shape index (κ1) is 14.8. The molecule has 3 heteroatoms. The summed E-state index contributed by atoms with van der Waals surface area (Å²) >= 11 is 0. The van der Waals surface area contributed by atoms with E-state index >= 15 is 0 Å². The number of rotatable bonds is 3. The van der Waals surface area contributed by atoms with Crippen LogP contribution in [0.1, 0.15) is 52.9 Å². The maximum absolute atomic E-state index is 12.7. The van der Waals surface area contributed by atoms with Gasteiger partial charge < -0.3 is 4.90 Å².